The highest BCUT2D eigenvalue weighted by atomic mass is 32.1. The van der Waals surface area contributed by atoms with Gasteiger partial charge in [-0.15, -0.1) is 11.3 Å². The van der Waals surface area contributed by atoms with Crippen LogP contribution < -0.4 is 5.32 Å². The number of thiophene rings is 1. The van der Waals surface area contributed by atoms with Gasteiger partial charge in [0.15, 0.2) is 0 Å². The zero-order valence-electron chi connectivity index (χ0n) is 14.5. The quantitative estimate of drug-likeness (QED) is 0.906. The van der Waals surface area contributed by atoms with Crippen molar-refractivity contribution < 1.29 is 9.53 Å². The summed E-state index contributed by atoms with van der Waals surface area (Å²) in [7, 11) is 1.95. The van der Waals surface area contributed by atoms with E-state index in [2.05, 4.69) is 21.5 Å². The molecule has 134 valence electrons. The minimum atomic E-state index is -0.0567. The molecule has 1 spiro atoms. The fraction of sp³-hybridized carbons (Fsp3) is 0.556. The molecule has 1 amide bonds. The fourth-order valence-electron chi connectivity index (χ4n) is 3.88. The molecular weight excluding hydrogens is 336 g/mol. The molecule has 0 saturated carbocycles. The number of hydrogen-bond acceptors (Lipinski definition) is 5. The van der Waals surface area contributed by atoms with E-state index in [1.807, 2.05) is 35.4 Å². The van der Waals surface area contributed by atoms with Crippen LogP contribution in [0.4, 0.5) is 0 Å². The lowest BCUT2D eigenvalue weighted by molar-refractivity contribution is -0.0449. The normalized spacial score (nSPS) is 23.2. The van der Waals surface area contributed by atoms with Gasteiger partial charge < -0.3 is 10.1 Å². The molecule has 4 rings (SSSR count). The molecule has 2 aromatic rings. The van der Waals surface area contributed by atoms with E-state index in [-0.39, 0.29) is 17.6 Å². The lowest BCUT2D eigenvalue weighted by Crippen LogP contribution is -2.44. The minimum absolute atomic E-state index is 0.0228. The summed E-state index contributed by atoms with van der Waals surface area (Å²) >= 11 is 1.48. The van der Waals surface area contributed by atoms with Gasteiger partial charge in [-0.05, 0) is 30.7 Å². The molecule has 2 aliphatic heterocycles. The van der Waals surface area contributed by atoms with Crippen molar-refractivity contribution in [1.82, 2.24) is 20.0 Å². The summed E-state index contributed by atoms with van der Waals surface area (Å²) < 4.78 is 8.01. The van der Waals surface area contributed by atoms with Gasteiger partial charge in [-0.2, -0.15) is 5.10 Å². The van der Waals surface area contributed by atoms with Gasteiger partial charge in [0.1, 0.15) is 0 Å². The summed E-state index contributed by atoms with van der Waals surface area (Å²) in [5.74, 6) is 0.0228. The zero-order valence-corrected chi connectivity index (χ0v) is 15.3. The van der Waals surface area contributed by atoms with Gasteiger partial charge in [-0.3, -0.25) is 14.4 Å². The molecule has 25 heavy (non-hydrogen) atoms. The van der Waals surface area contributed by atoms with Gasteiger partial charge in [-0.1, -0.05) is 6.07 Å². The fourth-order valence-corrected chi connectivity index (χ4v) is 4.51. The number of piperidine rings is 1. The Kier molecular flexibility index (Phi) is 4.62. The summed E-state index contributed by atoms with van der Waals surface area (Å²) in [6.07, 6.45) is 6.99. The first kappa shape index (κ1) is 16.8. The van der Waals surface area contributed by atoms with Crippen LogP contribution in [0.1, 0.15) is 34.5 Å². The Morgan fingerprint density at radius 3 is 3.00 bits per heavy atom. The standard InChI is InChI=1S/C18H24N4O2S/c1-21-11-14(10-19-21)12-22-6-4-18(5-7-22)9-15(13-24-18)20-17(23)16-3-2-8-25-16/h2-3,8,10-11,15H,4-7,9,12-13H2,1H3,(H,20,23)/t15-/m0/s1. The topological polar surface area (TPSA) is 59.4 Å². The molecule has 0 radical (unpaired) electrons. The Morgan fingerprint density at radius 1 is 1.48 bits per heavy atom. The monoisotopic (exact) mass is 360 g/mol. The lowest BCUT2D eigenvalue weighted by atomic mass is 9.87. The third-order valence-electron chi connectivity index (χ3n) is 5.22. The SMILES string of the molecule is Cn1cc(CN2CCC3(CC2)C[C@H](NC(=O)c2cccs2)CO3)cn1. The molecule has 0 unspecified atom stereocenters. The van der Waals surface area contributed by atoms with Crippen LogP contribution in [0.2, 0.25) is 0 Å². The van der Waals surface area contributed by atoms with Crippen LogP contribution in [0.3, 0.4) is 0 Å². The van der Waals surface area contributed by atoms with Crippen molar-refractivity contribution >= 4 is 17.2 Å². The first-order valence-corrected chi connectivity index (χ1v) is 9.68. The van der Waals surface area contributed by atoms with E-state index in [9.17, 15) is 4.79 Å². The average Bonchev–Trinajstić information content (AvgIpc) is 3.33. The van der Waals surface area contributed by atoms with Crippen LogP contribution in [0.5, 0.6) is 0 Å². The number of nitrogens with one attached hydrogen (secondary N) is 1. The van der Waals surface area contributed by atoms with E-state index in [1.54, 1.807) is 0 Å². The highest BCUT2D eigenvalue weighted by Gasteiger charge is 2.43. The lowest BCUT2D eigenvalue weighted by Gasteiger charge is -2.38. The second-order valence-electron chi connectivity index (χ2n) is 7.14. The number of likely N-dealkylation sites (tertiary alicyclic amines) is 1. The molecule has 6 nitrogen and oxygen atoms in total. The van der Waals surface area contributed by atoms with Crippen molar-refractivity contribution in [3.8, 4) is 0 Å². The number of aryl methyl sites for hydroxylation is 1. The third-order valence-corrected chi connectivity index (χ3v) is 6.09. The van der Waals surface area contributed by atoms with Crippen molar-refractivity contribution in [3.63, 3.8) is 0 Å². The maximum absolute atomic E-state index is 12.2. The summed E-state index contributed by atoms with van der Waals surface area (Å²) in [6, 6.07) is 3.90. The van der Waals surface area contributed by atoms with Crippen LogP contribution in [-0.2, 0) is 18.3 Å². The van der Waals surface area contributed by atoms with Gasteiger partial charge >= 0.3 is 0 Å². The Bertz CT molecular complexity index is 719. The van der Waals surface area contributed by atoms with Gasteiger partial charge in [0.2, 0.25) is 0 Å². The molecule has 2 aliphatic rings. The number of aromatic nitrogens is 2. The molecule has 0 aromatic carbocycles. The molecule has 0 aliphatic carbocycles. The Morgan fingerprint density at radius 2 is 2.32 bits per heavy atom. The van der Waals surface area contributed by atoms with Crippen LogP contribution >= 0.6 is 11.3 Å². The minimum Gasteiger partial charge on any atom is -0.373 e. The molecule has 1 N–H and O–H groups in total. The van der Waals surface area contributed by atoms with E-state index in [0.717, 1.165) is 43.8 Å². The predicted octanol–water partition coefficient (Wildman–Crippen LogP) is 2.04. The largest absolute Gasteiger partial charge is 0.373 e. The zero-order chi connectivity index (χ0) is 17.3. The van der Waals surface area contributed by atoms with E-state index in [1.165, 1.54) is 16.9 Å². The first-order valence-electron chi connectivity index (χ1n) is 8.80. The molecule has 1 atom stereocenters. The van der Waals surface area contributed by atoms with E-state index in [0.29, 0.717) is 6.61 Å². The Hall–Kier alpha value is -1.70. The van der Waals surface area contributed by atoms with Crippen LogP contribution in [-0.4, -0.2) is 51.9 Å². The van der Waals surface area contributed by atoms with Gasteiger partial charge in [0.25, 0.3) is 5.91 Å². The smallest absolute Gasteiger partial charge is 0.261 e. The Balaban J connectivity index is 1.28. The van der Waals surface area contributed by atoms with Crippen LogP contribution in [0, 0.1) is 0 Å². The van der Waals surface area contributed by atoms with Crippen molar-refractivity contribution in [3.05, 3.63) is 40.3 Å². The summed E-state index contributed by atoms with van der Waals surface area (Å²) in [5.41, 5.74) is 1.20. The summed E-state index contributed by atoms with van der Waals surface area (Å²) in [5, 5.41) is 9.30. The molecule has 2 fully saturated rings. The third kappa shape index (κ3) is 3.78. The second-order valence-corrected chi connectivity index (χ2v) is 8.09. The van der Waals surface area contributed by atoms with Gasteiger partial charge in [0.05, 0.1) is 29.3 Å². The molecule has 7 heteroatoms. The van der Waals surface area contributed by atoms with Crippen molar-refractivity contribution in [2.45, 2.75) is 37.5 Å². The van der Waals surface area contributed by atoms with E-state index in [4.69, 9.17) is 4.74 Å². The molecule has 0 bridgehead atoms. The molecule has 2 saturated heterocycles. The highest BCUT2D eigenvalue weighted by molar-refractivity contribution is 7.12. The van der Waals surface area contributed by atoms with Crippen molar-refractivity contribution in [2.75, 3.05) is 19.7 Å². The van der Waals surface area contributed by atoms with Gasteiger partial charge in [0, 0.05) is 38.4 Å². The molecular formula is C18H24N4O2S. The molecule has 2 aromatic heterocycles. The number of ether oxygens (including phenoxy) is 1. The average molecular weight is 360 g/mol. The Labute approximate surface area is 151 Å². The van der Waals surface area contributed by atoms with Crippen LogP contribution in [0.15, 0.2) is 29.9 Å². The number of carbonyl (C=O) groups is 1. The van der Waals surface area contributed by atoms with E-state index >= 15 is 0 Å². The number of rotatable bonds is 4. The number of amides is 1. The van der Waals surface area contributed by atoms with E-state index < -0.39 is 0 Å². The van der Waals surface area contributed by atoms with Crippen LogP contribution in [0.25, 0.3) is 0 Å². The number of hydrogen-bond donors (Lipinski definition) is 1. The summed E-state index contributed by atoms with van der Waals surface area (Å²) in [4.78, 5) is 15.4. The molecule has 4 heterocycles. The summed E-state index contributed by atoms with van der Waals surface area (Å²) in [6.45, 7) is 3.63. The first-order chi connectivity index (χ1) is 12.1. The van der Waals surface area contributed by atoms with Crippen molar-refractivity contribution in [2.24, 2.45) is 7.05 Å². The van der Waals surface area contributed by atoms with Crippen molar-refractivity contribution in [1.29, 1.82) is 0 Å². The predicted molar refractivity (Wildman–Crippen MR) is 96.6 cm³/mol. The maximum atomic E-state index is 12.2. The number of carbonyl (C=O) groups excluding carboxylic acids is 1. The number of nitrogens with zero attached hydrogens (tertiary/aromatic N) is 3. The van der Waals surface area contributed by atoms with Gasteiger partial charge in [-0.25, -0.2) is 0 Å². The second kappa shape index (κ2) is 6.90. The maximum Gasteiger partial charge on any atom is 0.261 e. The highest BCUT2D eigenvalue weighted by Crippen LogP contribution is 2.36.